The Morgan fingerprint density at radius 2 is 1.11 bits per heavy atom. The second kappa shape index (κ2) is 21.5. The van der Waals surface area contributed by atoms with Gasteiger partial charge in [-0.3, -0.25) is 0 Å². The van der Waals surface area contributed by atoms with Gasteiger partial charge in [0.25, 0.3) is 15.0 Å². The normalized spacial score (nSPS) is 21.4. The Kier molecular flexibility index (Phi) is 13.5. The van der Waals surface area contributed by atoms with Crippen molar-refractivity contribution < 1.29 is 13.7 Å². The quantitative estimate of drug-likeness (QED) is 0.163. The maximum Gasteiger partial charge on any atom is 0.266 e. The van der Waals surface area contributed by atoms with Gasteiger partial charge in [0.05, 0.1) is 32.1 Å². The maximum atomic E-state index is 2.60. The molecule has 9 aliphatic rings. The van der Waals surface area contributed by atoms with Crippen molar-refractivity contribution in [2.45, 2.75) is 106 Å². The van der Waals surface area contributed by atoms with Crippen LogP contribution in [-0.4, -0.2) is 19.6 Å². The van der Waals surface area contributed by atoms with Gasteiger partial charge in [0.15, 0.2) is 13.1 Å². The third kappa shape index (κ3) is 8.82. The van der Waals surface area contributed by atoms with Crippen molar-refractivity contribution >= 4 is 134 Å². The van der Waals surface area contributed by atoms with Gasteiger partial charge >= 0.3 is 0 Å². The van der Waals surface area contributed by atoms with E-state index < -0.39 is 0 Å². The largest absolute Gasteiger partial charge is 0.335 e. The number of rotatable bonds is 4. The first-order valence-electron chi connectivity index (χ1n) is 29.8. The van der Waals surface area contributed by atoms with E-state index in [2.05, 4.69) is 206 Å². The van der Waals surface area contributed by atoms with Crippen LogP contribution in [0.1, 0.15) is 86.7 Å². The number of hydrogen-bond acceptors (Lipinski definition) is 9. The van der Waals surface area contributed by atoms with Crippen molar-refractivity contribution in [3.05, 3.63) is 211 Å². The zero-order valence-electron chi connectivity index (χ0n) is 46.5. The molecule has 82 heavy (non-hydrogen) atoms. The van der Waals surface area contributed by atoms with Gasteiger partial charge in [-0.05, 0) is 160 Å². The van der Waals surface area contributed by atoms with E-state index in [1.807, 2.05) is 69.3 Å². The van der Waals surface area contributed by atoms with Crippen LogP contribution in [0.25, 0.3) is 47.4 Å². The number of fused-ring (bicyclic) bond motifs is 17. The lowest BCUT2D eigenvalue weighted by molar-refractivity contribution is -0.674. The highest BCUT2D eigenvalue weighted by atomic mass is 32.2. The number of thioether (sulfide) groups is 3. The predicted octanol–water partition coefficient (Wildman–Crippen LogP) is 18.1. The van der Waals surface area contributed by atoms with Crippen LogP contribution < -0.4 is 28.4 Å². The summed E-state index contributed by atoms with van der Waals surface area (Å²) < 4.78 is 11.8. The van der Waals surface area contributed by atoms with Gasteiger partial charge in [-0.25, -0.2) is 0 Å². The molecule has 0 saturated carbocycles. The predicted molar refractivity (Wildman–Crippen MR) is 350 cm³/mol. The first kappa shape index (κ1) is 51.5. The second-order valence-corrected chi connectivity index (χ2v) is 28.9. The Morgan fingerprint density at radius 1 is 0.512 bits per heavy atom. The number of para-hydroxylation sites is 6. The first-order chi connectivity index (χ1) is 40.5. The number of thiazole rings is 3. The first-order valence-corrected chi connectivity index (χ1v) is 34.7. The average Bonchev–Trinajstić information content (AvgIpc) is 4.58. The van der Waals surface area contributed by atoms with E-state index in [9.17, 15) is 0 Å². The van der Waals surface area contributed by atoms with Gasteiger partial charge in [-0.1, -0.05) is 142 Å². The fraction of sp³-hybridized carbons (Fsp3) is 0.271. The number of anilines is 3. The van der Waals surface area contributed by atoms with Gasteiger partial charge in [-0.2, -0.15) is 13.7 Å². The molecule has 3 aromatic heterocycles. The average molecular weight is 1180 g/mol. The summed E-state index contributed by atoms with van der Waals surface area (Å²) in [5, 5.41) is 8.79. The van der Waals surface area contributed by atoms with Crippen molar-refractivity contribution in [3.63, 3.8) is 0 Å². The molecule has 10 heterocycles. The Morgan fingerprint density at radius 3 is 1.84 bits per heavy atom. The lowest BCUT2D eigenvalue weighted by atomic mass is 9.73. The molecule has 7 aliphatic heterocycles. The fourth-order valence-corrected chi connectivity index (χ4v) is 21.8. The topological polar surface area (TPSA) is 21.4 Å². The number of aromatic nitrogens is 3. The van der Waals surface area contributed by atoms with Gasteiger partial charge in [0.1, 0.15) is 20.6 Å². The summed E-state index contributed by atoms with van der Waals surface area (Å²) in [5.74, 6) is 1.48. The molecule has 0 saturated heterocycles. The summed E-state index contributed by atoms with van der Waals surface area (Å²) in [6, 6.07) is 53.1. The number of hydrogen-bond donors (Lipinski definition) is 0. The van der Waals surface area contributed by atoms with E-state index in [4.69, 9.17) is 0 Å². The van der Waals surface area contributed by atoms with Crippen molar-refractivity contribution in [1.82, 2.24) is 0 Å². The Labute approximate surface area is 506 Å². The monoisotopic (exact) mass is 1180 g/mol. The van der Waals surface area contributed by atoms with Gasteiger partial charge < -0.3 is 14.7 Å². The summed E-state index contributed by atoms with van der Waals surface area (Å²) in [6.07, 6.45) is 18.7. The summed E-state index contributed by atoms with van der Waals surface area (Å²) in [6.45, 7) is 11.2. The van der Waals surface area contributed by atoms with E-state index in [-0.39, 0.29) is 0 Å². The number of aryl methyl sites for hydroxylation is 3. The van der Waals surface area contributed by atoms with Crippen LogP contribution in [0.3, 0.4) is 0 Å². The molecular formula is C70H65N6S6+3. The number of allylic oxidation sites excluding steroid dienone is 9. The van der Waals surface area contributed by atoms with Crippen molar-refractivity contribution in [2.24, 2.45) is 11.8 Å². The summed E-state index contributed by atoms with van der Waals surface area (Å²) >= 11 is 11.8. The van der Waals surface area contributed by atoms with E-state index in [1.54, 1.807) is 11.1 Å². The molecule has 0 N–H and O–H groups in total. The molecule has 6 nitrogen and oxygen atoms in total. The van der Waals surface area contributed by atoms with Crippen LogP contribution in [0.15, 0.2) is 210 Å². The minimum absolute atomic E-state index is 0.739. The van der Waals surface area contributed by atoms with E-state index >= 15 is 0 Å². The molecule has 18 rings (SSSR count). The van der Waals surface area contributed by atoms with Gasteiger partial charge in [0, 0.05) is 82.1 Å². The highest BCUT2D eigenvalue weighted by molar-refractivity contribution is 8.04. The van der Waals surface area contributed by atoms with Crippen LogP contribution in [-0.2, 0) is 19.6 Å². The van der Waals surface area contributed by atoms with Crippen LogP contribution in [0.4, 0.5) is 17.1 Å². The highest BCUT2D eigenvalue weighted by Gasteiger charge is 2.43. The molecule has 0 spiro atoms. The molecule has 2 atom stereocenters. The summed E-state index contributed by atoms with van der Waals surface area (Å²) in [4.78, 5) is 11.8. The number of benzene rings is 6. The molecule has 0 radical (unpaired) electrons. The minimum atomic E-state index is 0.739. The van der Waals surface area contributed by atoms with E-state index in [0.717, 1.165) is 50.9 Å². The smallest absolute Gasteiger partial charge is 0.266 e. The molecule has 9 aromatic rings. The molecular weight excluding hydrogens is 1120 g/mol. The Bertz CT molecular complexity index is 4280. The summed E-state index contributed by atoms with van der Waals surface area (Å²) in [7, 11) is 0. The lowest BCUT2D eigenvalue weighted by Crippen LogP contribution is -2.43. The molecule has 2 unspecified atom stereocenters. The van der Waals surface area contributed by atoms with Crippen molar-refractivity contribution in [2.75, 3.05) is 34.3 Å². The molecule has 0 bridgehead atoms. The van der Waals surface area contributed by atoms with Crippen LogP contribution in [0.2, 0.25) is 0 Å². The van der Waals surface area contributed by atoms with Gasteiger partial charge in [-0.15, -0.1) is 0 Å². The minimum Gasteiger partial charge on any atom is -0.335 e. The zero-order valence-corrected chi connectivity index (χ0v) is 51.4. The standard InChI is InChI=1S/C24H21N2S2.C23H21N2S2.C23H23N2S2/c1-3-7-21-19(5-1)25-11-9-15-13-16-10-12-26-20-6-2-4-8-22(20)28-24(26)18(16)14-17(15)23(25)27-21;1-3-11-20-18(9-1)24-13-5-7-16(22(24)26-20)15-17-8-6-14-25-19-10-2-4-12-21(19)27-23(17)25;1-3-24-18-9-5-7-11-20(18)26-22(24)16-13-14-17(15-16)23-25(4-2)19-10-6-8-12-21(19)27-23/h1-8,14-16H,9-13H2;1-4,9-12,15H,5-8,13-14H2;5-12,15H,3-4,13-14H2,1-2H3/q3*+1. The third-order valence-corrected chi connectivity index (χ3v) is 25.4. The van der Waals surface area contributed by atoms with Crippen LogP contribution in [0, 0.1) is 11.8 Å². The summed E-state index contributed by atoms with van der Waals surface area (Å²) in [5.41, 5.74) is 17.6. The SMILES string of the molecule is C(/C1=C2Sc3ccccc3N2CCC1)=C1/CCC[n+]2c1sc1ccccc12.C1=C2c3sc4ccccc4[n+]3CCC2CC2CCN3C(=C12)Sc1ccccc13.CCN1/C(=C2/C=C(c3sc4ccccc4[n+]3CC)CC2)Sc2ccccc21. The maximum absolute atomic E-state index is 2.60. The third-order valence-electron chi connectivity index (χ3n) is 18.1. The van der Waals surface area contributed by atoms with E-state index in [1.165, 1.54) is 173 Å². The molecule has 2 aliphatic carbocycles. The molecule has 408 valence electrons. The van der Waals surface area contributed by atoms with Crippen molar-refractivity contribution in [1.29, 1.82) is 0 Å². The molecule has 0 amide bonds. The second-order valence-electron chi connectivity index (χ2n) is 22.7. The Hall–Kier alpha value is -6.12. The zero-order chi connectivity index (χ0) is 54.4. The number of nitrogens with zero attached hydrogens (tertiary/aromatic N) is 6. The molecule has 0 fully saturated rings. The van der Waals surface area contributed by atoms with Gasteiger partial charge in [0.2, 0.25) is 16.6 Å². The molecule has 6 aromatic carbocycles. The molecule has 12 heteroatoms. The van der Waals surface area contributed by atoms with Crippen molar-refractivity contribution in [3.8, 4) is 0 Å². The lowest BCUT2D eigenvalue weighted by Gasteiger charge is -2.38. The van der Waals surface area contributed by atoms with Crippen LogP contribution >= 0.6 is 69.3 Å². The highest BCUT2D eigenvalue weighted by Crippen LogP contribution is 2.56. The van der Waals surface area contributed by atoms with E-state index in [0.29, 0.717) is 0 Å². The Balaban J connectivity index is 0.000000101. The van der Waals surface area contributed by atoms with Crippen LogP contribution in [0.5, 0.6) is 0 Å². The fourth-order valence-electron chi connectivity index (χ4n) is 14.2.